The number of sulfonamides is 1. The number of rotatable bonds is 13. The molecule has 3 rings (SSSR count). The second-order valence-corrected chi connectivity index (χ2v) is 12.3. The van der Waals surface area contributed by atoms with Gasteiger partial charge in [-0.2, -0.15) is 0 Å². The molecule has 0 unspecified atom stereocenters. The van der Waals surface area contributed by atoms with E-state index < -0.39 is 16.1 Å². The highest BCUT2D eigenvalue weighted by Gasteiger charge is 2.30. The first-order chi connectivity index (χ1) is 18.1. The Labute approximate surface area is 228 Å². The Bertz CT molecular complexity index is 1160. The van der Waals surface area contributed by atoms with E-state index >= 15 is 0 Å². The summed E-state index contributed by atoms with van der Waals surface area (Å²) in [5.41, 5.74) is 3.82. The van der Waals surface area contributed by atoms with Crippen molar-refractivity contribution in [3.8, 4) is 0 Å². The van der Waals surface area contributed by atoms with Crippen molar-refractivity contribution < 1.29 is 18.0 Å². The summed E-state index contributed by atoms with van der Waals surface area (Å²) in [6.07, 6.45) is 7.27. The highest BCUT2D eigenvalue weighted by molar-refractivity contribution is 7.92. The maximum absolute atomic E-state index is 13.6. The summed E-state index contributed by atoms with van der Waals surface area (Å²) < 4.78 is 26.5. The molecule has 0 aliphatic heterocycles. The Morgan fingerprint density at radius 1 is 0.974 bits per heavy atom. The van der Waals surface area contributed by atoms with E-state index in [1.165, 1.54) is 10.6 Å². The number of amides is 2. The van der Waals surface area contributed by atoms with Gasteiger partial charge in [0.05, 0.1) is 11.9 Å². The van der Waals surface area contributed by atoms with Gasteiger partial charge in [0.2, 0.25) is 21.8 Å². The number of nitrogens with zero attached hydrogens (tertiary/aromatic N) is 2. The fourth-order valence-electron chi connectivity index (χ4n) is 5.08. The van der Waals surface area contributed by atoms with E-state index in [1.54, 1.807) is 4.90 Å². The SMILES string of the molecule is CCc1ccc(N(CCCC(=O)N(Cc2ccc(C)cc2)[C@H](CC)C(=O)NC2CCCC2)S(C)(=O)=O)cc1. The highest BCUT2D eigenvalue weighted by Crippen LogP contribution is 2.22. The molecule has 38 heavy (non-hydrogen) atoms. The number of carbonyl (C=O) groups excluding carboxylic acids is 2. The second kappa shape index (κ2) is 13.8. The minimum absolute atomic E-state index is 0.103. The average molecular weight is 542 g/mol. The smallest absolute Gasteiger partial charge is 0.243 e. The van der Waals surface area contributed by atoms with E-state index in [0.29, 0.717) is 25.1 Å². The molecular weight excluding hydrogens is 498 g/mol. The fourth-order valence-corrected chi connectivity index (χ4v) is 6.04. The largest absolute Gasteiger partial charge is 0.352 e. The van der Waals surface area contributed by atoms with E-state index in [0.717, 1.165) is 48.8 Å². The molecule has 208 valence electrons. The lowest BCUT2D eigenvalue weighted by Crippen LogP contribution is -2.51. The highest BCUT2D eigenvalue weighted by atomic mass is 32.2. The summed E-state index contributed by atoms with van der Waals surface area (Å²) in [6.45, 7) is 6.53. The van der Waals surface area contributed by atoms with Gasteiger partial charge in [0.15, 0.2) is 0 Å². The molecule has 0 heterocycles. The molecular formula is C30H43N3O4S. The van der Waals surface area contributed by atoms with Crippen LogP contribution in [0.25, 0.3) is 0 Å². The molecule has 1 saturated carbocycles. The van der Waals surface area contributed by atoms with E-state index in [9.17, 15) is 18.0 Å². The molecule has 0 bridgehead atoms. The van der Waals surface area contributed by atoms with Gasteiger partial charge in [-0.05, 0) is 62.3 Å². The van der Waals surface area contributed by atoms with Crippen molar-refractivity contribution >= 4 is 27.5 Å². The molecule has 1 aliphatic carbocycles. The third-order valence-electron chi connectivity index (χ3n) is 7.35. The zero-order valence-electron chi connectivity index (χ0n) is 23.3. The number of hydrogen-bond acceptors (Lipinski definition) is 4. The van der Waals surface area contributed by atoms with Crippen LogP contribution in [0.1, 0.15) is 75.5 Å². The van der Waals surface area contributed by atoms with E-state index in [4.69, 9.17) is 0 Å². The molecule has 2 amide bonds. The van der Waals surface area contributed by atoms with Crippen LogP contribution in [0.3, 0.4) is 0 Å². The lowest BCUT2D eigenvalue weighted by molar-refractivity contribution is -0.141. The van der Waals surface area contributed by atoms with Gasteiger partial charge in [-0.25, -0.2) is 8.42 Å². The predicted molar refractivity (Wildman–Crippen MR) is 153 cm³/mol. The molecule has 0 saturated heterocycles. The number of carbonyl (C=O) groups is 2. The van der Waals surface area contributed by atoms with Crippen molar-refractivity contribution in [2.24, 2.45) is 0 Å². The monoisotopic (exact) mass is 541 g/mol. The van der Waals surface area contributed by atoms with E-state index in [1.807, 2.05) is 62.4 Å². The Balaban J connectivity index is 1.74. The number of benzene rings is 2. The Morgan fingerprint density at radius 3 is 2.13 bits per heavy atom. The Hall–Kier alpha value is -2.87. The van der Waals surface area contributed by atoms with Crippen LogP contribution >= 0.6 is 0 Å². The van der Waals surface area contributed by atoms with Gasteiger partial charge in [0, 0.05) is 25.6 Å². The van der Waals surface area contributed by atoms with Crippen molar-refractivity contribution in [1.82, 2.24) is 10.2 Å². The van der Waals surface area contributed by atoms with Crippen LogP contribution in [0.4, 0.5) is 5.69 Å². The first-order valence-electron chi connectivity index (χ1n) is 13.8. The molecule has 0 aromatic heterocycles. The van der Waals surface area contributed by atoms with Gasteiger partial charge in [0.1, 0.15) is 6.04 Å². The van der Waals surface area contributed by atoms with Crippen LogP contribution in [0, 0.1) is 6.92 Å². The maximum Gasteiger partial charge on any atom is 0.243 e. The average Bonchev–Trinajstić information content (AvgIpc) is 3.40. The van der Waals surface area contributed by atoms with Crippen molar-refractivity contribution in [3.05, 3.63) is 65.2 Å². The molecule has 8 heteroatoms. The zero-order chi connectivity index (χ0) is 27.7. The molecule has 1 aliphatic rings. The topological polar surface area (TPSA) is 86.8 Å². The molecule has 2 aromatic carbocycles. The Kier molecular flexibility index (Phi) is 10.8. The van der Waals surface area contributed by atoms with Gasteiger partial charge < -0.3 is 10.2 Å². The minimum Gasteiger partial charge on any atom is -0.352 e. The van der Waals surface area contributed by atoms with Crippen LogP contribution in [0.2, 0.25) is 0 Å². The molecule has 0 spiro atoms. The third kappa shape index (κ3) is 8.32. The van der Waals surface area contributed by atoms with Crippen LogP contribution in [0.5, 0.6) is 0 Å². The van der Waals surface area contributed by atoms with Crippen molar-refractivity contribution in [3.63, 3.8) is 0 Å². The number of hydrogen-bond donors (Lipinski definition) is 1. The molecule has 7 nitrogen and oxygen atoms in total. The zero-order valence-corrected chi connectivity index (χ0v) is 24.1. The standard InChI is InChI=1S/C30H43N3O4S/c1-5-24-17-19-27(20-18-24)33(38(4,36)37)21-9-12-29(34)32(22-25-15-13-23(3)14-16-25)28(6-2)30(35)31-26-10-7-8-11-26/h13-20,26,28H,5-12,21-22H2,1-4H3,(H,31,35)/t28-/m1/s1. The molecule has 0 radical (unpaired) electrons. The number of aryl methyl sites for hydroxylation is 2. The molecule has 2 aromatic rings. The van der Waals surface area contributed by atoms with Gasteiger partial charge in [-0.3, -0.25) is 13.9 Å². The maximum atomic E-state index is 13.6. The quantitative estimate of drug-likeness (QED) is 0.388. The first kappa shape index (κ1) is 29.7. The Morgan fingerprint density at radius 2 is 1.58 bits per heavy atom. The molecule has 1 fully saturated rings. The number of nitrogens with one attached hydrogen (secondary N) is 1. The summed E-state index contributed by atoms with van der Waals surface area (Å²) in [5.74, 6) is -0.248. The van der Waals surface area contributed by atoms with Crippen LogP contribution < -0.4 is 9.62 Å². The lowest BCUT2D eigenvalue weighted by atomic mass is 10.1. The summed E-state index contributed by atoms with van der Waals surface area (Å²) in [6, 6.07) is 15.1. The van der Waals surface area contributed by atoms with Crippen LogP contribution in [0.15, 0.2) is 48.5 Å². The molecule has 1 atom stereocenters. The van der Waals surface area contributed by atoms with E-state index in [-0.39, 0.29) is 30.8 Å². The predicted octanol–water partition coefficient (Wildman–Crippen LogP) is 4.97. The molecule has 1 N–H and O–H groups in total. The van der Waals surface area contributed by atoms with Crippen molar-refractivity contribution in [2.45, 2.75) is 90.8 Å². The van der Waals surface area contributed by atoms with Crippen LogP contribution in [-0.2, 0) is 32.6 Å². The summed E-state index contributed by atoms with van der Waals surface area (Å²) in [4.78, 5) is 28.5. The summed E-state index contributed by atoms with van der Waals surface area (Å²) in [7, 11) is -3.51. The minimum atomic E-state index is -3.51. The normalized spacial score (nSPS) is 14.7. The van der Waals surface area contributed by atoms with Gasteiger partial charge in [-0.1, -0.05) is 68.7 Å². The number of anilines is 1. The van der Waals surface area contributed by atoms with Crippen molar-refractivity contribution in [1.29, 1.82) is 0 Å². The third-order valence-corrected chi connectivity index (χ3v) is 8.54. The second-order valence-electron chi connectivity index (χ2n) is 10.4. The van der Waals surface area contributed by atoms with Crippen molar-refractivity contribution in [2.75, 3.05) is 17.1 Å². The lowest BCUT2D eigenvalue weighted by Gasteiger charge is -2.32. The van der Waals surface area contributed by atoms with Gasteiger partial charge in [0.25, 0.3) is 0 Å². The van der Waals surface area contributed by atoms with E-state index in [2.05, 4.69) is 12.2 Å². The van der Waals surface area contributed by atoms with Crippen LogP contribution in [-0.4, -0.2) is 50.0 Å². The van der Waals surface area contributed by atoms with Gasteiger partial charge >= 0.3 is 0 Å². The summed E-state index contributed by atoms with van der Waals surface area (Å²) >= 11 is 0. The first-order valence-corrected chi connectivity index (χ1v) is 15.7. The van der Waals surface area contributed by atoms with Gasteiger partial charge in [-0.15, -0.1) is 0 Å². The fraction of sp³-hybridized carbons (Fsp3) is 0.533. The summed E-state index contributed by atoms with van der Waals surface area (Å²) in [5, 5.41) is 3.16.